The molecule has 3 aromatic rings. The molecule has 0 spiro atoms. The first kappa shape index (κ1) is 24.5. The standard InChI is InChI=1S/C30H34N2O3/c1-20(2)17-29(34)32-16-15-23-11-14-26(18-27(23)30(32)24-9-5-21(3)6-10-24)35-19-28(33)31-25-12-7-22(4)8-13-25/h5-14,18,20,30H,15-17,19H2,1-4H3,(H,31,33). The van der Waals surface area contributed by atoms with Gasteiger partial charge in [-0.1, -0.05) is 67.4 Å². The SMILES string of the molecule is Cc1ccc(NC(=O)COc2ccc3c(c2)C(c2ccc(C)cc2)N(C(=O)CC(C)C)CC3)cc1. The average Bonchev–Trinajstić information content (AvgIpc) is 2.83. The number of ether oxygens (including phenoxy) is 1. The number of nitrogens with zero attached hydrogens (tertiary/aromatic N) is 1. The maximum absolute atomic E-state index is 13.2. The Morgan fingerprint density at radius 1 is 0.971 bits per heavy atom. The van der Waals surface area contributed by atoms with Gasteiger partial charge in [0.15, 0.2) is 6.61 Å². The summed E-state index contributed by atoms with van der Waals surface area (Å²) in [5, 5.41) is 2.86. The van der Waals surface area contributed by atoms with Crippen LogP contribution in [-0.2, 0) is 16.0 Å². The Morgan fingerprint density at radius 2 is 1.63 bits per heavy atom. The third-order valence-electron chi connectivity index (χ3n) is 6.35. The number of carbonyl (C=O) groups is 2. The minimum atomic E-state index is -0.213. The number of carbonyl (C=O) groups excluding carboxylic acids is 2. The highest BCUT2D eigenvalue weighted by molar-refractivity contribution is 5.91. The highest BCUT2D eigenvalue weighted by Crippen LogP contribution is 2.38. The first-order valence-electron chi connectivity index (χ1n) is 12.3. The van der Waals surface area contributed by atoms with Crippen molar-refractivity contribution in [1.82, 2.24) is 4.90 Å². The first-order chi connectivity index (χ1) is 16.8. The zero-order valence-electron chi connectivity index (χ0n) is 21.0. The lowest BCUT2D eigenvalue weighted by Crippen LogP contribution is -2.41. The Labute approximate surface area is 208 Å². The zero-order chi connectivity index (χ0) is 24.9. The van der Waals surface area contributed by atoms with Gasteiger partial charge in [-0.2, -0.15) is 0 Å². The highest BCUT2D eigenvalue weighted by atomic mass is 16.5. The second-order valence-corrected chi connectivity index (χ2v) is 9.81. The van der Waals surface area contributed by atoms with E-state index in [1.807, 2.05) is 48.2 Å². The van der Waals surface area contributed by atoms with Crippen molar-refractivity contribution >= 4 is 17.5 Å². The van der Waals surface area contributed by atoms with Crippen molar-refractivity contribution in [2.24, 2.45) is 5.92 Å². The Hall–Kier alpha value is -3.60. The van der Waals surface area contributed by atoms with E-state index in [1.165, 1.54) is 11.1 Å². The van der Waals surface area contributed by atoms with Gasteiger partial charge in [-0.15, -0.1) is 0 Å². The topological polar surface area (TPSA) is 58.6 Å². The monoisotopic (exact) mass is 470 g/mol. The number of rotatable bonds is 7. The molecular formula is C30H34N2O3. The third kappa shape index (κ3) is 6.10. The van der Waals surface area contributed by atoms with Crippen LogP contribution in [0.25, 0.3) is 0 Å². The van der Waals surface area contributed by atoms with E-state index in [1.54, 1.807) is 0 Å². The van der Waals surface area contributed by atoms with Gasteiger partial charge in [0.2, 0.25) is 5.91 Å². The molecule has 4 rings (SSSR count). The van der Waals surface area contributed by atoms with Gasteiger partial charge in [-0.3, -0.25) is 9.59 Å². The van der Waals surface area contributed by atoms with E-state index in [-0.39, 0.29) is 24.5 Å². The molecule has 0 fully saturated rings. The maximum atomic E-state index is 13.2. The summed E-state index contributed by atoms with van der Waals surface area (Å²) in [4.78, 5) is 27.6. The lowest BCUT2D eigenvalue weighted by atomic mass is 9.87. The molecule has 35 heavy (non-hydrogen) atoms. The lowest BCUT2D eigenvalue weighted by Gasteiger charge is -2.38. The Morgan fingerprint density at radius 3 is 2.29 bits per heavy atom. The van der Waals surface area contributed by atoms with Gasteiger partial charge in [0.1, 0.15) is 5.75 Å². The van der Waals surface area contributed by atoms with Gasteiger partial charge in [-0.25, -0.2) is 0 Å². The molecule has 1 N–H and O–H groups in total. The number of benzene rings is 3. The molecule has 0 saturated heterocycles. The molecule has 1 atom stereocenters. The van der Waals surface area contributed by atoms with E-state index < -0.39 is 0 Å². The molecule has 3 aromatic carbocycles. The fourth-order valence-corrected chi connectivity index (χ4v) is 4.51. The second kappa shape index (κ2) is 10.8. The van der Waals surface area contributed by atoms with Crippen LogP contribution in [0, 0.1) is 19.8 Å². The average molecular weight is 471 g/mol. The van der Waals surface area contributed by atoms with Gasteiger partial charge in [0.25, 0.3) is 5.91 Å². The van der Waals surface area contributed by atoms with Crippen LogP contribution in [0.4, 0.5) is 5.69 Å². The Balaban J connectivity index is 1.56. The van der Waals surface area contributed by atoms with Crippen molar-refractivity contribution in [3.63, 3.8) is 0 Å². The van der Waals surface area contributed by atoms with Gasteiger partial charge >= 0.3 is 0 Å². The third-order valence-corrected chi connectivity index (χ3v) is 6.35. The summed E-state index contributed by atoms with van der Waals surface area (Å²) in [5.74, 6) is 0.873. The highest BCUT2D eigenvalue weighted by Gasteiger charge is 2.32. The molecule has 5 heteroatoms. The van der Waals surface area contributed by atoms with E-state index in [4.69, 9.17) is 4.74 Å². The van der Waals surface area contributed by atoms with E-state index in [0.29, 0.717) is 24.6 Å². The van der Waals surface area contributed by atoms with Crippen molar-refractivity contribution in [2.45, 2.75) is 46.6 Å². The molecule has 1 aliphatic heterocycles. The number of nitrogens with one attached hydrogen (secondary N) is 1. The summed E-state index contributed by atoms with van der Waals surface area (Å²) in [6.45, 7) is 8.82. The number of fused-ring (bicyclic) bond motifs is 1. The van der Waals surface area contributed by atoms with Crippen LogP contribution in [0.3, 0.4) is 0 Å². The van der Waals surface area contributed by atoms with E-state index in [0.717, 1.165) is 28.8 Å². The van der Waals surface area contributed by atoms with Crippen molar-refractivity contribution in [3.8, 4) is 5.75 Å². The molecule has 0 saturated carbocycles. The van der Waals surface area contributed by atoms with Crippen LogP contribution in [0.15, 0.2) is 66.7 Å². The summed E-state index contributed by atoms with van der Waals surface area (Å²) in [5.41, 5.74) is 6.42. The van der Waals surface area contributed by atoms with Crippen LogP contribution < -0.4 is 10.1 Å². The summed E-state index contributed by atoms with van der Waals surface area (Å²) in [6, 6.07) is 21.8. The molecule has 0 bridgehead atoms. The quantitative estimate of drug-likeness (QED) is 0.472. The fourth-order valence-electron chi connectivity index (χ4n) is 4.51. The van der Waals surface area contributed by atoms with E-state index >= 15 is 0 Å². The van der Waals surface area contributed by atoms with Crippen LogP contribution in [-0.4, -0.2) is 29.9 Å². The molecule has 0 aliphatic carbocycles. The molecule has 1 aliphatic rings. The second-order valence-electron chi connectivity index (χ2n) is 9.81. The van der Waals surface area contributed by atoms with Crippen LogP contribution in [0.1, 0.15) is 54.1 Å². The van der Waals surface area contributed by atoms with Gasteiger partial charge in [0.05, 0.1) is 6.04 Å². The molecule has 5 nitrogen and oxygen atoms in total. The van der Waals surface area contributed by atoms with Crippen LogP contribution in [0.2, 0.25) is 0 Å². The first-order valence-corrected chi connectivity index (χ1v) is 12.3. The number of anilines is 1. The normalized spacial score (nSPS) is 15.0. The molecule has 1 heterocycles. The van der Waals surface area contributed by atoms with Crippen molar-refractivity contribution < 1.29 is 14.3 Å². The van der Waals surface area contributed by atoms with Crippen molar-refractivity contribution in [3.05, 3.63) is 94.5 Å². The maximum Gasteiger partial charge on any atom is 0.262 e. The largest absolute Gasteiger partial charge is 0.484 e. The molecular weight excluding hydrogens is 436 g/mol. The molecule has 1 unspecified atom stereocenters. The predicted molar refractivity (Wildman–Crippen MR) is 140 cm³/mol. The Kier molecular flexibility index (Phi) is 7.54. The van der Waals surface area contributed by atoms with Gasteiger partial charge < -0.3 is 15.0 Å². The lowest BCUT2D eigenvalue weighted by molar-refractivity contribution is -0.134. The summed E-state index contributed by atoms with van der Waals surface area (Å²) in [6.07, 6.45) is 1.32. The molecule has 2 amide bonds. The van der Waals surface area contributed by atoms with Crippen LogP contribution in [0.5, 0.6) is 5.75 Å². The summed E-state index contributed by atoms with van der Waals surface area (Å²) >= 11 is 0. The number of aryl methyl sites for hydroxylation is 2. The molecule has 182 valence electrons. The van der Waals surface area contributed by atoms with Crippen molar-refractivity contribution in [1.29, 1.82) is 0 Å². The number of hydrogen-bond acceptors (Lipinski definition) is 3. The van der Waals surface area contributed by atoms with Gasteiger partial charge in [0, 0.05) is 18.7 Å². The molecule has 0 aromatic heterocycles. The van der Waals surface area contributed by atoms with Crippen LogP contribution >= 0.6 is 0 Å². The number of hydrogen-bond donors (Lipinski definition) is 1. The predicted octanol–water partition coefficient (Wildman–Crippen LogP) is 5.84. The Bertz CT molecular complexity index is 1180. The fraction of sp³-hybridized carbons (Fsp3) is 0.333. The minimum absolute atomic E-state index is 0.0855. The smallest absolute Gasteiger partial charge is 0.262 e. The van der Waals surface area contributed by atoms with Gasteiger partial charge in [-0.05, 0) is 67.1 Å². The molecule has 0 radical (unpaired) electrons. The summed E-state index contributed by atoms with van der Waals surface area (Å²) in [7, 11) is 0. The summed E-state index contributed by atoms with van der Waals surface area (Å²) < 4.78 is 5.88. The van der Waals surface area contributed by atoms with E-state index in [9.17, 15) is 9.59 Å². The van der Waals surface area contributed by atoms with Crippen molar-refractivity contribution in [2.75, 3.05) is 18.5 Å². The zero-order valence-corrected chi connectivity index (χ0v) is 21.0. The minimum Gasteiger partial charge on any atom is -0.484 e. The van der Waals surface area contributed by atoms with E-state index in [2.05, 4.69) is 56.4 Å². The number of amides is 2.